The highest BCUT2D eigenvalue weighted by Gasteiger charge is 2.11. The first-order chi connectivity index (χ1) is 9.51. The number of carbonyl (C=O) groups excluding carboxylic acids is 1. The van der Waals surface area contributed by atoms with Crippen molar-refractivity contribution in [1.29, 1.82) is 0 Å². The number of nitrogen functional groups attached to an aromatic ring is 1. The number of hydrogen-bond acceptors (Lipinski definition) is 5. The highest BCUT2D eigenvalue weighted by atomic mass is 16.5. The summed E-state index contributed by atoms with van der Waals surface area (Å²) in [6, 6.07) is 9.02. The van der Waals surface area contributed by atoms with Crippen molar-refractivity contribution in [3.8, 4) is 0 Å². The van der Waals surface area contributed by atoms with E-state index in [0.717, 1.165) is 22.8 Å². The summed E-state index contributed by atoms with van der Waals surface area (Å²) in [4.78, 5) is 16.0. The van der Waals surface area contributed by atoms with E-state index in [9.17, 15) is 4.79 Å². The molecular formula is C15H17N3O2. The Morgan fingerprint density at radius 3 is 2.65 bits per heavy atom. The molecule has 0 aliphatic heterocycles. The van der Waals surface area contributed by atoms with Gasteiger partial charge in [0, 0.05) is 17.1 Å². The number of aromatic nitrogens is 1. The van der Waals surface area contributed by atoms with Crippen molar-refractivity contribution in [1.82, 2.24) is 4.98 Å². The largest absolute Gasteiger partial charge is 0.465 e. The number of rotatable bonds is 3. The molecule has 0 saturated heterocycles. The molecular weight excluding hydrogens is 254 g/mol. The summed E-state index contributed by atoms with van der Waals surface area (Å²) in [6.45, 7) is 3.86. The van der Waals surface area contributed by atoms with Gasteiger partial charge in [0.25, 0.3) is 0 Å². The van der Waals surface area contributed by atoms with Gasteiger partial charge in [0.1, 0.15) is 0 Å². The van der Waals surface area contributed by atoms with Crippen LogP contribution >= 0.6 is 0 Å². The van der Waals surface area contributed by atoms with Gasteiger partial charge in [0.05, 0.1) is 24.1 Å². The minimum absolute atomic E-state index is 0.343. The second kappa shape index (κ2) is 5.61. The number of nitrogens with one attached hydrogen (secondary N) is 1. The number of methoxy groups -OCH3 is 1. The quantitative estimate of drug-likeness (QED) is 0.663. The topological polar surface area (TPSA) is 77.2 Å². The Labute approximate surface area is 117 Å². The Balaban J connectivity index is 2.32. The Morgan fingerprint density at radius 1 is 1.25 bits per heavy atom. The molecule has 0 bridgehead atoms. The second-order valence-electron chi connectivity index (χ2n) is 4.50. The van der Waals surface area contributed by atoms with Gasteiger partial charge in [-0.1, -0.05) is 0 Å². The van der Waals surface area contributed by atoms with Crippen LogP contribution in [0, 0.1) is 13.8 Å². The van der Waals surface area contributed by atoms with Crippen LogP contribution in [0.5, 0.6) is 0 Å². The van der Waals surface area contributed by atoms with E-state index in [1.807, 2.05) is 26.0 Å². The normalized spacial score (nSPS) is 10.2. The molecule has 3 N–H and O–H groups in total. The molecule has 0 saturated carbocycles. The van der Waals surface area contributed by atoms with Crippen molar-refractivity contribution in [2.75, 3.05) is 18.2 Å². The average molecular weight is 271 g/mol. The van der Waals surface area contributed by atoms with Gasteiger partial charge in [-0.3, -0.25) is 4.98 Å². The van der Waals surface area contributed by atoms with Gasteiger partial charge in [-0.2, -0.15) is 0 Å². The molecule has 0 unspecified atom stereocenters. The molecule has 1 heterocycles. The molecule has 0 amide bonds. The first-order valence-electron chi connectivity index (χ1n) is 6.20. The molecule has 2 aromatic rings. The predicted molar refractivity (Wildman–Crippen MR) is 79.2 cm³/mol. The summed E-state index contributed by atoms with van der Waals surface area (Å²) >= 11 is 0. The smallest absolute Gasteiger partial charge is 0.340 e. The molecule has 0 aliphatic rings. The number of hydrogen-bond donors (Lipinski definition) is 2. The van der Waals surface area contributed by atoms with E-state index in [2.05, 4.69) is 10.3 Å². The van der Waals surface area contributed by atoms with Crippen molar-refractivity contribution < 1.29 is 9.53 Å². The fourth-order valence-corrected chi connectivity index (χ4v) is 1.89. The molecule has 5 heteroatoms. The SMILES string of the molecule is COC(=O)c1cc(Nc2ccc(C)nc2C)ccc1N. The van der Waals surface area contributed by atoms with Gasteiger partial charge in [0.2, 0.25) is 0 Å². The number of nitrogens with zero attached hydrogens (tertiary/aromatic N) is 1. The molecule has 1 aromatic carbocycles. The van der Waals surface area contributed by atoms with Crippen molar-refractivity contribution in [2.24, 2.45) is 0 Å². The fraction of sp³-hybridized carbons (Fsp3) is 0.200. The van der Waals surface area contributed by atoms with Crippen molar-refractivity contribution in [3.63, 3.8) is 0 Å². The van der Waals surface area contributed by atoms with Crippen LogP contribution in [0.15, 0.2) is 30.3 Å². The van der Waals surface area contributed by atoms with Crippen LogP contribution in [0.25, 0.3) is 0 Å². The summed E-state index contributed by atoms with van der Waals surface area (Å²) in [5.41, 5.74) is 9.99. The Hall–Kier alpha value is -2.56. The first-order valence-corrected chi connectivity index (χ1v) is 6.20. The number of ether oxygens (including phenoxy) is 1. The standard InChI is InChI=1S/C15H17N3O2/c1-9-4-7-14(10(2)17-9)18-11-5-6-13(16)12(8-11)15(19)20-3/h4-8,18H,16H2,1-3H3. The number of carbonyl (C=O) groups is 1. The van der Waals surface area contributed by atoms with Gasteiger partial charge in [-0.15, -0.1) is 0 Å². The molecule has 5 nitrogen and oxygen atoms in total. The summed E-state index contributed by atoms with van der Waals surface area (Å²) < 4.78 is 4.70. The van der Waals surface area contributed by atoms with Crippen LogP contribution in [0.3, 0.4) is 0 Å². The van der Waals surface area contributed by atoms with Crippen molar-refractivity contribution >= 4 is 23.0 Å². The lowest BCUT2D eigenvalue weighted by Gasteiger charge is -2.11. The summed E-state index contributed by atoms with van der Waals surface area (Å²) in [5, 5.41) is 3.22. The van der Waals surface area contributed by atoms with Crippen LogP contribution in [-0.2, 0) is 4.74 Å². The zero-order chi connectivity index (χ0) is 14.7. The van der Waals surface area contributed by atoms with Crippen molar-refractivity contribution in [2.45, 2.75) is 13.8 Å². The van der Waals surface area contributed by atoms with E-state index in [1.165, 1.54) is 7.11 Å². The number of aryl methyl sites for hydroxylation is 2. The zero-order valence-electron chi connectivity index (χ0n) is 11.7. The van der Waals surface area contributed by atoms with Crippen LogP contribution in [0.2, 0.25) is 0 Å². The van der Waals surface area contributed by atoms with E-state index in [-0.39, 0.29) is 0 Å². The van der Waals surface area contributed by atoms with Crippen molar-refractivity contribution in [3.05, 3.63) is 47.3 Å². The lowest BCUT2D eigenvalue weighted by molar-refractivity contribution is 0.0602. The third-order valence-electron chi connectivity index (χ3n) is 2.96. The molecule has 20 heavy (non-hydrogen) atoms. The minimum Gasteiger partial charge on any atom is -0.465 e. The number of pyridine rings is 1. The summed E-state index contributed by atoms with van der Waals surface area (Å²) in [7, 11) is 1.33. The van der Waals surface area contributed by atoms with E-state index in [0.29, 0.717) is 11.3 Å². The minimum atomic E-state index is -0.454. The monoisotopic (exact) mass is 271 g/mol. The fourth-order valence-electron chi connectivity index (χ4n) is 1.89. The highest BCUT2D eigenvalue weighted by Crippen LogP contribution is 2.23. The van der Waals surface area contributed by atoms with E-state index >= 15 is 0 Å². The number of nitrogens with two attached hydrogens (primary N) is 1. The number of esters is 1. The third-order valence-corrected chi connectivity index (χ3v) is 2.96. The average Bonchev–Trinajstić information content (AvgIpc) is 2.43. The predicted octanol–water partition coefficient (Wildman–Crippen LogP) is 2.81. The Bertz CT molecular complexity index is 654. The summed E-state index contributed by atoms with van der Waals surface area (Å²) in [6.07, 6.45) is 0. The highest BCUT2D eigenvalue weighted by molar-refractivity contribution is 5.96. The lowest BCUT2D eigenvalue weighted by Crippen LogP contribution is -2.06. The molecule has 2 rings (SSSR count). The maximum Gasteiger partial charge on any atom is 0.340 e. The maximum atomic E-state index is 11.6. The Morgan fingerprint density at radius 2 is 2.00 bits per heavy atom. The molecule has 0 fully saturated rings. The van der Waals surface area contributed by atoms with Gasteiger partial charge in [-0.25, -0.2) is 4.79 Å². The van der Waals surface area contributed by atoms with Crippen LogP contribution in [-0.4, -0.2) is 18.1 Å². The molecule has 0 aliphatic carbocycles. The molecule has 0 spiro atoms. The van der Waals surface area contributed by atoms with E-state index < -0.39 is 5.97 Å². The lowest BCUT2D eigenvalue weighted by atomic mass is 10.1. The van der Waals surface area contributed by atoms with Crippen LogP contribution < -0.4 is 11.1 Å². The number of benzene rings is 1. The van der Waals surface area contributed by atoms with Crippen LogP contribution in [0.1, 0.15) is 21.7 Å². The van der Waals surface area contributed by atoms with Gasteiger partial charge in [0.15, 0.2) is 0 Å². The number of anilines is 3. The molecule has 104 valence electrons. The molecule has 1 aromatic heterocycles. The molecule has 0 radical (unpaired) electrons. The Kier molecular flexibility index (Phi) is 3.89. The summed E-state index contributed by atoms with van der Waals surface area (Å²) in [5.74, 6) is -0.454. The van der Waals surface area contributed by atoms with Gasteiger partial charge in [-0.05, 0) is 44.2 Å². The first kappa shape index (κ1) is 13.9. The molecule has 0 atom stereocenters. The van der Waals surface area contributed by atoms with Gasteiger partial charge < -0.3 is 15.8 Å². The second-order valence-corrected chi connectivity index (χ2v) is 4.50. The van der Waals surface area contributed by atoms with Gasteiger partial charge >= 0.3 is 5.97 Å². The zero-order valence-corrected chi connectivity index (χ0v) is 11.7. The van der Waals surface area contributed by atoms with E-state index in [1.54, 1.807) is 18.2 Å². The third kappa shape index (κ3) is 2.88. The van der Waals surface area contributed by atoms with E-state index in [4.69, 9.17) is 10.5 Å². The van der Waals surface area contributed by atoms with Crippen LogP contribution in [0.4, 0.5) is 17.1 Å². The maximum absolute atomic E-state index is 11.6.